The molecule has 0 saturated heterocycles. The van der Waals surface area contributed by atoms with Crippen molar-refractivity contribution in [3.63, 3.8) is 0 Å². The summed E-state index contributed by atoms with van der Waals surface area (Å²) in [5.41, 5.74) is -0.336. The van der Waals surface area contributed by atoms with Gasteiger partial charge in [0, 0.05) is 12.4 Å². The number of alkyl halides is 2. The Bertz CT molecular complexity index is 403. The molecule has 7 heteroatoms. The van der Waals surface area contributed by atoms with Crippen molar-refractivity contribution in [1.29, 1.82) is 5.41 Å². The molecule has 0 aromatic carbocycles. The van der Waals surface area contributed by atoms with Crippen molar-refractivity contribution in [3.05, 3.63) is 26.3 Å². The number of nitrogens with zero attached hydrogens (tertiary/aromatic N) is 1. The zero-order valence-corrected chi connectivity index (χ0v) is 10.8. The Morgan fingerprint density at radius 1 is 1.69 bits per heavy atom. The van der Waals surface area contributed by atoms with Gasteiger partial charge in [0.15, 0.2) is 0 Å². The predicted molar refractivity (Wildman–Crippen MR) is 64.3 cm³/mol. The molecule has 0 aliphatic heterocycles. The summed E-state index contributed by atoms with van der Waals surface area (Å²) >= 11 is 4.76. The molecule has 0 fully saturated rings. The molecule has 0 unspecified atom stereocenters. The maximum atomic E-state index is 12.2. The van der Waals surface area contributed by atoms with Crippen LogP contribution < -0.4 is 5.32 Å². The lowest BCUT2D eigenvalue weighted by Crippen LogP contribution is -2.09. The minimum Gasteiger partial charge on any atom is -0.385 e. The van der Waals surface area contributed by atoms with Gasteiger partial charge in [-0.15, -0.1) is 11.3 Å². The average Bonchev–Trinajstić information content (AvgIpc) is 2.52. The monoisotopic (exact) mass is 309 g/mol. The fourth-order valence-corrected chi connectivity index (χ4v) is 2.53. The predicted octanol–water partition coefficient (Wildman–Crippen LogP) is 3.10. The summed E-state index contributed by atoms with van der Waals surface area (Å²) in [6, 6.07) is 0. The SMILES string of the molecule is Cc1nc(Br)c(CN/C=C(\C=N)C(F)F)s1. The lowest BCUT2D eigenvalue weighted by molar-refractivity contribution is 0.196. The molecule has 3 nitrogen and oxygen atoms in total. The van der Waals surface area contributed by atoms with Crippen molar-refractivity contribution >= 4 is 33.5 Å². The second-order valence-electron chi connectivity index (χ2n) is 2.92. The van der Waals surface area contributed by atoms with E-state index in [-0.39, 0.29) is 5.57 Å². The number of nitrogens with one attached hydrogen (secondary N) is 2. The standard InChI is InChI=1S/C9H10BrF2N3S/c1-5-15-8(10)7(16-5)4-14-3-6(2-13)9(11)12/h2-3,9,13-14H,4H2,1H3/b6-3+,13-2?. The molecule has 0 spiro atoms. The summed E-state index contributed by atoms with van der Waals surface area (Å²) in [6.45, 7) is 2.28. The molecule has 0 aliphatic carbocycles. The highest BCUT2D eigenvalue weighted by atomic mass is 79.9. The van der Waals surface area contributed by atoms with E-state index in [0.29, 0.717) is 12.8 Å². The van der Waals surface area contributed by atoms with E-state index in [1.165, 1.54) is 11.3 Å². The van der Waals surface area contributed by atoms with Gasteiger partial charge in [-0.25, -0.2) is 13.8 Å². The largest absolute Gasteiger partial charge is 0.385 e. The van der Waals surface area contributed by atoms with Crippen molar-refractivity contribution in [1.82, 2.24) is 10.3 Å². The summed E-state index contributed by atoms with van der Waals surface area (Å²) in [7, 11) is 0. The summed E-state index contributed by atoms with van der Waals surface area (Å²) in [6.07, 6.45) is -0.833. The summed E-state index contributed by atoms with van der Waals surface area (Å²) in [4.78, 5) is 5.08. The van der Waals surface area contributed by atoms with Gasteiger partial charge < -0.3 is 10.7 Å². The van der Waals surface area contributed by atoms with Crippen LogP contribution in [0, 0.1) is 12.3 Å². The van der Waals surface area contributed by atoms with Gasteiger partial charge in [-0.2, -0.15) is 0 Å². The van der Waals surface area contributed by atoms with Crippen LogP contribution in [0.15, 0.2) is 16.4 Å². The molecular weight excluding hydrogens is 300 g/mol. The van der Waals surface area contributed by atoms with E-state index in [1.54, 1.807) is 0 Å². The second kappa shape index (κ2) is 6.05. The summed E-state index contributed by atoms with van der Waals surface area (Å²) < 4.78 is 25.2. The molecule has 1 aromatic heterocycles. The average molecular weight is 310 g/mol. The first kappa shape index (κ1) is 13.2. The van der Waals surface area contributed by atoms with E-state index in [1.807, 2.05) is 6.92 Å². The topological polar surface area (TPSA) is 48.8 Å². The lowest BCUT2D eigenvalue weighted by atomic mass is 10.3. The first-order chi connectivity index (χ1) is 7.54. The van der Waals surface area contributed by atoms with Gasteiger partial charge in [0.1, 0.15) is 4.60 Å². The molecule has 0 amide bonds. The van der Waals surface area contributed by atoms with Crippen LogP contribution in [0.2, 0.25) is 0 Å². The Morgan fingerprint density at radius 3 is 2.81 bits per heavy atom. The molecule has 16 heavy (non-hydrogen) atoms. The Kier molecular flexibility index (Phi) is 5.01. The Labute approximate surface area is 104 Å². The van der Waals surface area contributed by atoms with Gasteiger partial charge >= 0.3 is 0 Å². The Morgan fingerprint density at radius 2 is 2.38 bits per heavy atom. The van der Waals surface area contributed by atoms with E-state index >= 15 is 0 Å². The van der Waals surface area contributed by atoms with Gasteiger partial charge in [0.05, 0.1) is 22.0 Å². The molecule has 1 aromatic rings. The van der Waals surface area contributed by atoms with Crippen molar-refractivity contribution < 1.29 is 8.78 Å². The first-order valence-electron chi connectivity index (χ1n) is 4.38. The number of thiazole rings is 1. The third-order valence-corrected chi connectivity index (χ3v) is 3.60. The number of allylic oxidation sites excluding steroid dienone is 1. The van der Waals surface area contributed by atoms with Crippen LogP contribution in [0.25, 0.3) is 0 Å². The maximum absolute atomic E-state index is 12.2. The van der Waals surface area contributed by atoms with Crippen LogP contribution in [0.4, 0.5) is 8.78 Å². The van der Waals surface area contributed by atoms with E-state index in [2.05, 4.69) is 26.2 Å². The van der Waals surface area contributed by atoms with E-state index in [0.717, 1.165) is 20.7 Å². The van der Waals surface area contributed by atoms with Crippen LogP contribution in [0.3, 0.4) is 0 Å². The molecule has 0 saturated carbocycles. The molecule has 1 heterocycles. The highest BCUT2D eigenvalue weighted by molar-refractivity contribution is 9.10. The smallest absolute Gasteiger partial charge is 0.266 e. The van der Waals surface area contributed by atoms with Gasteiger partial charge in [-0.3, -0.25) is 0 Å². The van der Waals surface area contributed by atoms with Crippen LogP contribution in [0.5, 0.6) is 0 Å². The van der Waals surface area contributed by atoms with Gasteiger partial charge in [0.25, 0.3) is 6.43 Å². The minimum atomic E-state index is -2.63. The molecule has 0 radical (unpaired) electrons. The number of halogens is 3. The minimum absolute atomic E-state index is 0.336. The van der Waals surface area contributed by atoms with E-state index < -0.39 is 6.43 Å². The fraction of sp³-hybridized carbons (Fsp3) is 0.333. The van der Waals surface area contributed by atoms with E-state index in [4.69, 9.17) is 5.41 Å². The van der Waals surface area contributed by atoms with Gasteiger partial charge in [-0.1, -0.05) is 0 Å². The van der Waals surface area contributed by atoms with Crippen molar-refractivity contribution in [2.75, 3.05) is 0 Å². The number of rotatable bonds is 5. The lowest BCUT2D eigenvalue weighted by Gasteiger charge is -2.01. The normalized spacial score (nSPS) is 11.9. The van der Waals surface area contributed by atoms with Crippen LogP contribution >= 0.6 is 27.3 Å². The molecular formula is C9H10BrF2N3S. The zero-order chi connectivity index (χ0) is 12.1. The molecule has 0 aliphatic rings. The third kappa shape index (κ3) is 3.64. The Hall–Kier alpha value is -0.820. The van der Waals surface area contributed by atoms with Gasteiger partial charge in [-0.05, 0) is 22.9 Å². The fourth-order valence-electron chi connectivity index (χ4n) is 0.982. The molecule has 0 bridgehead atoms. The van der Waals surface area contributed by atoms with E-state index in [9.17, 15) is 8.78 Å². The highest BCUT2D eigenvalue weighted by Gasteiger charge is 2.08. The summed E-state index contributed by atoms with van der Waals surface area (Å²) in [5, 5.41) is 10.4. The molecule has 88 valence electrons. The number of aryl methyl sites for hydroxylation is 1. The summed E-state index contributed by atoms with van der Waals surface area (Å²) in [5.74, 6) is 0. The van der Waals surface area contributed by atoms with Crippen molar-refractivity contribution in [3.8, 4) is 0 Å². The first-order valence-corrected chi connectivity index (χ1v) is 5.99. The second-order valence-corrected chi connectivity index (χ2v) is 4.96. The van der Waals surface area contributed by atoms with Gasteiger partial charge in [0.2, 0.25) is 0 Å². The highest BCUT2D eigenvalue weighted by Crippen LogP contribution is 2.22. The molecule has 0 atom stereocenters. The quantitative estimate of drug-likeness (QED) is 0.821. The van der Waals surface area contributed by atoms with Crippen LogP contribution in [-0.4, -0.2) is 17.6 Å². The third-order valence-electron chi connectivity index (χ3n) is 1.71. The van der Waals surface area contributed by atoms with Crippen molar-refractivity contribution in [2.24, 2.45) is 0 Å². The van der Waals surface area contributed by atoms with Crippen molar-refractivity contribution in [2.45, 2.75) is 19.9 Å². The molecule has 1 rings (SSSR count). The number of hydrogen-bond donors (Lipinski definition) is 2. The van der Waals surface area contributed by atoms with Crippen LogP contribution in [-0.2, 0) is 6.54 Å². The Balaban J connectivity index is 2.58. The number of hydrogen-bond acceptors (Lipinski definition) is 4. The molecule has 2 N–H and O–H groups in total. The zero-order valence-electron chi connectivity index (χ0n) is 8.43. The maximum Gasteiger partial charge on any atom is 0.266 e. The number of aromatic nitrogens is 1. The van der Waals surface area contributed by atoms with Crippen LogP contribution in [0.1, 0.15) is 9.88 Å².